The van der Waals surface area contributed by atoms with E-state index < -0.39 is 0 Å². The van der Waals surface area contributed by atoms with Crippen LogP contribution in [0, 0.1) is 0 Å². The van der Waals surface area contributed by atoms with Gasteiger partial charge in [0.2, 0.25) is 0 Å². The Bertz CT molecular complexity index is 841. The molecule has 1 fully saturated rings. The van der Waals surface area contributed by atoms with Crippen LogP contribution in [-0.4, -0.2) is 34.1 Å². The van der Waals surface area contributed by atoms with Crippen molar-refractivity contribution in [3.8, 4) is 5.88 Å². The van der Waals surface area contributed by atoms with E-state index in [1.165, 1.54) is 0 Å². The van der Waals surface area contributed by atoms with Gasteiger partial charge in [-0.15, -0.1) is 0 Å². The van der Waals surface area contributed by atoms with Crippen LogP contribution >= 0.6 is 11.6 Å². The van der Waals surface area contributed by atoms with Crippen LogP contribution in [0.1, 0.15) is 6.42 Å². The van der Waals surface area contributed by atoms with E-state index in [0.29, 0.717) is 11.0 Å². The van der Waals surface area contributed by atoms with Crippen LogP contribution in [-0.2, 0) is 0 Å². The average molecular weight is 327 g/mol. The number of benzene rings is 1. The summed E-state index contributed by atoms with van der Waals surface area (Å²) in [6.07, 6.45) is 4.08. The number of pyridine rings is 1. The van der Waals surface area contributed by atoms with Crippen LogP contribution < -0.4 is 9.64 Å². The zero-order valence-electron chi connectivity index (χ0n) is 12.4. The van der Waals surface area contributed by atoms with Gasteiger partial charge >= 0.3 is 0 Å². The summed E-state index contributed by atoms with van der Waals surface area (Å²) in [5, 5.41) is 1.45. The molecular weight excluding hydrogens is 312 g/mol. The van der Waals surface area contributed by atoms with Crippen molar-refractivity contribution >= 4 is 28.3 Å². The van der Waals surface area contributed by atoms with E-state index in [0.717, 1.165) is 36.2 Å². The number of anilines is 1. The third-order valence-corrected chi connectivity index (χ3v) is 4.21. The van der Waals surface area contributed by atoms with E-state index in [-0.39, 0.29) is 6.10 Å². The van der Waals surface area contributed by atoms with Gasteiger partial charge in [-0.25, -0.2) is 15.0 Å². The molecule has 2 aromatic heterocycles. The lowest BCUT2D eigenvalue weighted by Crippen LogP contribution is -2.25. The van der Waals surface area contributed by atoms with E-state index in [1.54, 1.807) is 12.4 Å². The van der Waals surface area contributed by atoms with Crippen molar-refractivity contribution in [1.82, 2.24) is 15.0 Å². The molecule has 1 aliphatic rings. The van der Waals surface area contributed by atoms with E-state index in [4.69, 9.17) is 21.3 Å². The standard InChI is InChI=1S/C17H15ClN4O/c18-16-17(20-9-8-19-16)23-13-7-10-22(11-13)15-6-5-12-3-1-2-4-14(12)21-15/h1-6,8-9,13H,7,10-11H2/t13-/m0/s1. The van der Waals surface area contributed by atoms with E-state index in [9.17, 15) is 0 Å². The van der Waals surface area contributed by atoms with Gasteiger partial charge in [0.25, 0.3) is 5.88 Å². The molecule has 116 valence electrons. The van der Waals surface area contributed by atoms with Gasteiger partial charge in [-0.3, -0.25) is 0 Å². The smallest absolute Gasteiger partial charge is 0.252 e. The molecular formula is C17H15ClN4O. The summed E-state index contributed by atoms with van der Waals surface area (Å²) in [6, 6.07) is 12.3. The highest BCUT2D eigenvalue weighted by Crippen LogP contribution is 2.25. The number of rotatable bonds is 3. The summed E-state index contributed by atoms with van der Waals surface area (Å²) in [6.45, 7) is 1.66. The van der Waals surface area contributed by atoms with Crippen LogP contribution in [0.5, 0.6) is 5.88 Å². The largest absolute Gasteiger partial charge is 0.470 e. The molecule has 0 aliphatic carbocycles. The molecule has 6 heteroatoms. The second-order valence-corrected chi connectivity index (χ2v) is 5.85. The summed E-state index contributed by atoms with van der Waals surface area (Å²) in [7, 11) is 0. The maximum absolute atomic E-state index is 6.00. The Hall–Kier alpha value is -2.40. The van der Waals surface area contributed by atoms with Gasteiger partial charge in [0, 0.05) is 30.7 Å². The Labute approximate surface area is 138 Å². The molecule has 1 saturated heterocycles. The highest BCUT2D eigenvalue weighted by molar-refractivity contribution is 6.30. The lowest BCUT2D eigenvalue weighted by Gasteiger charge is -2.18. The predicted octanol–water partition coefficient (Wildman–Crippen LogP) is 3.34. The number of halogens is 1. The van der Waals surface area contributed by atoms with E-state index >= 15 is 0 Å². The Kier molecular flexibility index (Phi) is 3.71. The van der Waals surface area contributed by atoms with Gasteiger partial charge in [0.1, 0.15) is 11.9 Å². The summed E-state index contributed by atoms with van der Waals surface area (Å²) in [5.41, 5.74) is 1.01. The Balaban J connectivity index is 1.50. The lowest BCUT2D eigenvalue weighted by molar-refractivity contribution is 0.215. The molecule has 3 heterocycles. The number of aromatic nitrogens is 3. The first-order valence-electron chi connectivity index (χ1n) is 7.53. The zero-order valence-corrected chi connectivity index (χ0v) is 13.1. The number of fused-ring (bicyclic) bond motifs is 1. The molecule has 1 atom stereocenters. The highest BCUT2D eigenvalue weighted by Gasteiger charge is 2.26. The van der Waals surface area contributed by atoms with Crippen molar-refractivity contribution in [3.63, 3.8) is 0 Å². The van der Waals surface area contributed by atoms with Crippen molar-refractivity contribution in [2.75, 3.05) is 18.0 Å². The molecule has 0 spiro atoms. The third-order valence-electron chi connectivity index (χ3n) is 3.95. The van der Waals surface area contributed by atoms with E-state index in [1.807, 2.05) is 18.2 Å². The Morgan fingerprint density at radius 3 is 2.87 bits per heavy atom. The summed E-state index contributed by atoms with van der Waals surface area (Å²) in [5.74, 6) is 1.37. The van der Waals surface area contributed by atoms with Crippen molar-refractivity contribution in [2.24, 2.45) is 0 Å². The van der Waals surface area contributed by atoms with Crippen molar-refractivity contribution in [2.45, 2.75) is 12.5 Å². The monoisotopic (exact) mass is 326 g/mol. The van der Waals surface area contributed by atoms with Crippen molar-refractivity contribution in [1.29, 1.82) is 0 Å². The molecule has 0 amide bonds. The fraction of sp³-hybridized carbons (Fsp3) is 0.235. The predicted molar refractivity (Wildman–Crippen MR) is 90.0 cm³/mol. The first kappa shape index (κ1) is 14.2. The molecule has 4 rings (SSSR count). The summed E-state index contributed by atoms with van der Waals surface area (Å²) in [4.78, 5) is 15.1. The highest BCUT2D eigenvalue weighted by atomic mass is 35.5. The van der Waals surface area contributed by atoms with Gasteiger partial charge in [0.15, 0.2) is 5.15 Å². The fourth-order valence-electron chi connectivity index (χ4n) is 2.81. The second kappa shape index (κ2) is 6.01. The van der Waals surface area contributed by atoms with Crippen molar-refractivity contribution < 1.29 is 4.74 Å². The lowest BCUT2D eigenvalue weighted by atomic mass is 10.2. The quantitative estimate of drug-likeness (QED) is 0.739. The first-order chi connectivity index (χ1) is 11.3. The fourth-order valence-corrected chi connectivity index (χ4v) is 2.96. The van der Waals surface area contributed by atoms with Crippen LogP contribution in [0.15, 0.2) is 48.8 Å². The average Bonchev–Trinajstić information content (AvgIpc) is 3.05. The molecule has 0 saturated carbocycles. The minimum absolute atomic E-state index is 0.0393. The summed E-state index contributed by atoms with van der Waals surface area (Å²) >= 11 is 6.00. The number of nitrogens with zero attached hydrogens (tertiary/aromatic N) is 4. The maximum Gasteiger partial charge on any atom is 0.252 e. The topological polar surface area (TPSA) is 51.1 Å². The minimum Gasteiger partial charge on any atom is -0.470 e. The minimum atomic E-state index is 0.0393. The second-order valence-electron chi connectivity index (χ2n) is 5.49. The molecule has 0 N–H and O–H groups in total. The van der Waals surface area contributed by atoms with Gasteiger partial charge in [-0.1, -0.05) is 29.8 Å². The molecule has 3 aromatic rings. The van der Waals surface area contributed by atoms with Gasteiger partial charge in [-0.2, -0.15) is 0 Å². The van der Waals surface area contributed by atoms with Gasteiger partial charge in [-0.05, 0) is 18.2 Å². The van der Waals surface area contributed by atoms with Crippen LogP contribution in [0.25, 0.3) is 10.9 Å². The first-order valence-corrected chi connectivity index (χ1v) is 7.91. The molecule has 0 unspecified atom stereocenters. The van der Waals surface area contributed by atoms with Crippen LogP contribution in [0.3, 0.4) is 0 Å². The van der Waals surface area contributed by atoms with E-state index in [2.05, 4.69) is 33.1 Å². The van der Waals surface area contributed by atoms with Crippen LogP contribution in [0.2, 0.25) is 5.15 Å². The third kappa shape index (κ3) is 2.92. The molecule has 0 bridgehead atoms. The molecule has 5 nitrogen and oxygen atoms in total. The Morgan fingerprint density at radius 2 is 1.96 bits per heavy atom. The molecule has 1 aliphatic heterocycles. The molecule has 23 heavy (non-hydrogen) atoms. The molecule has 1 aromatic carbocycles. The summed E-state index contributed by atoms with van der Waals surface area (Å²) < 4.78 is 5.87. The van der Waals surface area contributed by atoms with Crippen LogP contribution in [0.4, 0.5) is 5.82 Å². The Morgan fingerprint density at radius 1 is 1.09 bits per heavy atom. The zero-order chi connectivity index (χ0) is 15.6. The number of ether oxygens (including phenoxy) is 1. The number of para-hydroxylation sites is 1. The number of hydrogen-bond donors (Lipinski definition) is 0. The van der Waals surface area contributed by atoms with Gasteiger partial charge in [0.05, 0.1) is 12.1 Å². The van der Waals surface area contributed by atoms with Gasteiger partial charge < -0.3 is 9.64 Å². The van der Waals surface area contributed by atoms with Crippen molar-refractivity contribution in [3.05, 3.63) is 53.9 Å². The number of hydrogen-bond acceptors (Lipinski definition) is 5. The molecule has 0 radical (unpaired) electrons. The normalized spacial score (nSPS) is 17.6. The SMILES string of the molecule is Clc1nccnc1O[C@H]1CCN(c2ccc3ccccc3n2)C1. The maximum atomic E-state index is 6.00.